The molecule has 1 N–H and O–H groups in total. The van der Waals surface area contributed by atoms with Gasteiger partial charge in [0.1, 0.15) is 17.9 Å². The Kier molecular flexibility index (Phi) is 6.48. The number of anilines is 1. The number of likely N-dealkylation sites (tertiary alicyclic amines) is 2. The summed E-state index contributed by atoms with van der Waals surface area (Å²) in [5, 5.41) is 12.1. The summed E-state index contributed by atoms with van der Waals surface area (Å²) in [6.45, 7) is 2.33. The van der Waals surface area contributed by atoms with E-state index in [9.17, 15) is 14.9 Å². The minimum Gasteiger partial charge on any atom is -0.488 e. The summed E-state index contributed by atoms with van der Waals surface area (Å²) in [6, 6.07) is 18.4. The molecule has 0 aliphatic carbocycles. The van der Waals surface area contributed by atoms with Crippen LogP contribution in [0.15, 0.2) is 54.6 Å². The minimum atomic E-state index is -0.294. The molecular weight excluding hydrogens is 392 g/mol. The summed E-state index contributed by atoms with van der Waals surface area (Å²) in [7, 11) is 0. The largest absolute Gasteiger partial charge is 0.488 e. The fourth-order valence-corrected chi connectivity index (χ4v) is 4.17. The summed E-state index contributed by atoms with van der Waals surface area (Å²) in [6.07, 6.45) is 2.33. The first-order chi connectivity index (χ1) is 15.1. The molecule has 160 valence electrons. The fourth-order valence-electron chi connectivity index (χ4n) is 4.17. The smallest absolute Gasteiger partial charge is 0.259 e. The third-order valence-corrected chi connectivity index (χ3v) is 5.77. The summed E-state index contributed by atoms with van der Waals surface area (Å²) in [4.78, 5) is 29.1. The lowest BCUT2D eigenvalue weighted by molar-refractivity contribution is -0.132. The number of ether oxygens (including phenoxy) is 1. The molecule has 2 saturated heterocycles. The van der Waals surface area contributed by atoms with Gasteiger partial charge in [-0.15, -0.1) is 0 Å². The van der Waals surface area contributed by atoms with E-state index in [0.717, 1.165) is 31.5 Å². The molecule has 2 aromatic carbocycles. The average Bonchev–Trinajstić information content (AvgIpc) is 3.44. The van der Waals surface area contributed by atoms with Crippen LogP contribution in [0, 0.1) is 11.3 Å². The number of para-hydroxylation sites is 2. The van der Waals surface area contributed by atoms with Crippen LogP contribution >= 0.6 is 0 Å². The number of hydrogen-bond acceptors (Lipinski definition) is 5. The maximum Gasteiger partial charge on any atom is 0.259 e. The van der Waals surface area contributed by atoms with E-state index in [1.165, 1.54) is 0 Å². The average molecular weight is 418 g/mol. The van der Waals surface area contributed by atoms with Gasteiger partial charge in [-0.3, -0.25) is 14.5 Å². The van der Waals surface area contributed by atoms with Crippen molar-refractivity contribution < 1.29 is 14.3 Å². The number of carbonyl (C=O) groups is 2. The first-order valence-corrected chi connectivity index (χ1v) is 10.7. The lowest BCUT2D eigenvalue weighted by Crippen LogP contribution is -2.42. The normalized spacial score (nSPS) is 20.9. The number of nitrogens with zero attached hydrogens (tertiary/aromatic N) is 3. The molecule has 0 spiro atoms. The van der Waals surface area contributed by atoms with Crippen molar-refractivity contribution in [2.75, 3.05) is 31.5 Å². The van der Waals surface area contributed by atoms with Gasteiger partial charge in [0.05, 0.1) is 18.2 Å². The molecule has 2 aliphatic heterocycles. The number of amides is 2. The van der Waals surface area contributed by atoms with Crippen molar-refractivity contribution in [3.8, 4) is 11.8 Å². The van der Waals surface area contributed by atoms with Crippen LogP contribution in [0.25, 0.3) is 0 Å². The standard InChI is InChI=1S/C24H26N4O3/c25-15-19-9-6-13-28(19)23(29)17-27-14-12-20(16-27)31-22-11-5-4-10-21(22)24(30)26-18-7-2-1-3-8-18/h1-5,7-8,10-11,19-20H,6,9,12-14,16-17H2,(H,26,30)/t19-,20-/m0/s1. The highest BCUT2D eigenvalue weighted by Gasteiger charge is 2.32. The highest BCUT2D eigenvalue weighted by atomic mass is 16.5. The highest BCUT2D eigenvalue weighted by molar-refractivity contribution is 6.06. The first-order valence-electron chi connectivity index (χ1n) is 10.7. The monoisotopic (exact) mass is 418 g/mol. The minimum absolute atomic E-state index is 0.00680. The van der Waals surface area contributed by atoms with E-state index in [4.69, 9.17) is 4.74 Å². The van der Waals surface area contributed by atoms with Crippen molar-refractivity contribution in [1.29, 1.82) is 5.26 Å². The van der Waals surface area contributed by atoms with Gasteiger partial charge in [-0.2, -0.15) is 5.26 Å². The Morgan fingerprint density at radius 1 is 1.06 bits per heavy atom. The summed E-state index contributed by atoms with van der Waals surface area (Å²) in [5.74, 6) is 0.328. The Morgan fingerprint density at radius 2 is 1.84 bits per heavy atom. The SMILES string of the molecule is N#C[C@@H]1CCCN1C(=O)CN1CC[C@H](Oc2ccccc2C(=O)Nc2ccccc2)C1. The predicted octanol–water partition coefficient (Wildman–Crippen LogP) is 2.91. The molecule has 0 unspecified atom stereocenters. The van der Waals surface area contributed by atoms with E-state index in [1.54, 1.807) is 17.0 Å². The Morgan fingerprint density at radius 3 is 2.65 bits per heavy atom. The van der Waals surface area contributed by atoms with Crippen molar-refractivity contribution in [3.63, 3.8) is 0 Å². The lowest BCUT2D eigenvalue weighted by atomic mass is 10.1. The Labute approximate surface area is 182 Å². The van der Waals surface area contributed by atoms with Crippen LogP contribution in [0.3, 0.4) is 0 Å². The maximum atomic E-state index is 12.7. The van der Waals surface area contributed by atoms with Crippen LogP contribution in [-0.4, -0.2) is 59.9 Å². The van der Waals surface area contributed by atoms with Crippen LogP contribution in [0.2, 0.25) is 0 Å². The number of carbonyl (C=O) groups excluding carboxylic acids is 2. The van der Waals surface area contributed by atoms with Crippen LogP contribution in [0.5, 0.6) is 5.75 Å². The first kappa shape index (κ1) is 20.9. The van der Waals surface area contributed by atoms with E-state index in [1.807, 2.05) is 42.5 Å². The van der Waals surface area contributed by atoms with Gasteiger partial charge in [0.2, 0.25) is 5.91 Å². The second-order valence-corrected chi connectivity index (χ2v) is 7.95. The summed E-state index contributed by atoms with van der Waals surface area (Å²) in [5.41, 5.74) is 1.21. The topological polar surface area (TPSA) is 85.7 Å². The molecule has 7 nitrogen and oxygen atoms in total. The molecular formula is C24H26N4O3. The van der Waals surface area contributed by atoms with E-state index < -0.39 is 0 Å². The second kappa shape index (κ2) is 9.63. The van der Waals surface area contributed by atoms with E-state index in [0.29, 0.717) is 30.9 Å². The van der Waals surface area contributed by atoms with Gasteiger partial charge < -0.3 is 15.0 Å². The van der Waals surface area contributed by atoms with Gasteiger partial charge in [-0.05, 0) is 43.5 Å². The van der Waals surface area contributed by atoms with E-state index in [2.05, 4.69) is 16.3 Å². The van der Waals surface area contributed by atoms with Crippen LogP contribution < -0.4 is 10.1 Å². The molecule has 0 saturated carbocycles. The maximum absolute atomic E-state index is 12.7. The molecule has 2 aromatic rings. The molecule has 7 heteroatoms. The van der Waals surface area contributed by atoms with Crippen LogP contribution in [0.1, 0.15) is 29.6 Å². The van der Waals surface area contributed by atoms with Crippen LogP contribution in [0.4, 0.5) is 5.69 Å². The van der Waals surface area contributed by atoms with Gasteiger partial charge in [0.15, 0.2) is 0 Å². The Balaban J connectivity index is 1.35. The van der Waals surface area contributed by atoms with Gasteiger partial charge >= 0.3 is 0 Å². The fraction of sp³-hybridized carbons (Fsp3) is 0.375. The number of rotatable bonds is 6. The predicted molar refractivity (Wildman–Crippen MR) is 117 cm³/mol. The van der Waals surface area contributed by atoms with Crippen molar-refractivity contribution in [2.45, 2.75) is 31.4 Å². The molecule has 2 heterocycles. The molecule has 0 radical (unpaired) electrons. The zero-order valence-electron chi connectivity index (χ0n) is 17.4. The van der Waals surface area contributed by atoms with Gasteiger partial charge in [0.25, 0.3) is 5.91 Å². The van der Waals surface area contributed by atoms with Crippen molar-refractivity contribution in [1.82, 2.24) is 9.80 Å². The van der Waals surface area contributed by atoms with Crippen molar-refractivity contribution in [3.05, 3.63) is 60.2 Å². The van der Waals surface area contributed by atoms with Gasteiger partial charge in [-0.25, -0.2) is 0 Å². The summed E-state index contributed by atoms with van der Waals surface area (Å²) >= 11 is 0. The third-order valence-electron chi connectivity index (χ3n) is 5.77. The summed E-state index contributed by atoms with van der Waals surface area (Å²) < 4.78 is 6.17. The van der Waals surface area contributed by atoms with Gasteiger partial charge in [0, 0.05) is 25.3 Å². The quantitative estimate of drug-likeness (QED) is 0.780. The van der Waals surface area contributed by atoms with Crippen LogP contribution in [-0.2, 0) is 4.79 Å². The number of hydrogen-bond donors (Lipinski definition) is 1. The Bertz CT molecular complexity index is 972. The second-order valence-electron chi connectivity index (χ2n) is 7.95. The van der Waals surface area contributed by atoms with E-state index in [-0.39, 0.29) is 24.0 Å². The van der Waals surface area contributed by atoms with Gasteiger partial charge in [-0.1, -0.05) is 30.3 Å². The number of benzene rings is 2. The molecule has 0 bridgehead atoms. The molecule has 2 fully saturated rings. The molecule has 2 atom stereocenters. The third kappa shape index (κ3) is 5.04. The number of nitriles is 1. The van der Waals surface area contributed by atoms with E-state index >= 15 is 0 Å². The molecule has 0 aromatic heterocycles. The molecule has 31 heavy (non-hydrogen) atoms. The lowest BCUT2D eigenvalue weighted by Gasteiger charge is -2.23. The Hall–Kier alpha value is -3.37. The molecule has 4 rings (SSSR count). The number of nitrogens with one attached hydrogen (secondary N) is 1. The van der Waals surface area contributed by atoms with Crippen molar-refractivity contribution >= 4 is 17.5 Å². The van der Waals surface area contributed by atoms with Crippen molar-refractivity contribution in [2.24, 2.45) is 0 Å². The molecule has 2 aliphatic rings. The zero-order chi connectivity index (χ0) is 21.6. The highest BCUT2D eigenvalue weighted by Crippen LogP contribution is 2.24. The molecule has 2 amide bonds. The zero-order valence-corrected chi connectivity index (χ0v) is 17.4.